The van der Waals surface area contributed by atoms with Gasteiger partial charge in [-0.05, 0) is 44.6 Å². The standard InChI is InChI=1S/C40H76O4/c1-3-5-7-9-11-12-13-14-15-16-17-18-19-20-21-22-23-25-27-33-37-40(43)44-38(34-30-26-24-10-8-6-4-2)35-31-28-29-32-36-39(41)42/h30,34,38H,3-29,31-33,35-37H2,1-2H3,(H,41,42)/b34-30-. The third kappa shape index (κ3) is 35.2. The lowest BCUT2D eigenvalue weighted by Gasteiger charge is -2.15. The Morgan fingerprint density at radius 3 is 1.30 bits per heavy atom. The molecule has 0 aliphatic heterocycles. The van der Waals surface area contributed by atoms with Crippen molar-refractivity contribution in [3.05, 3.63) is 12.2 Å². The number of hydrogen-bond donors (Lipinski definition) is 1. The van der Waals surface area contributed by atoms with Crippen LogP contribution in [-0.2, 0) is 14.3 Å². The first kappa shape index (κ1) is 42.7. The van der Waals surface area contributed by atoms with Crippen molar-refractivity contribution >= 4 is 11.9 Å². The van der Waals surface area contributed by atoms with E-state index < -0.39 is 5.97 Å². The summed E-state index contributed by atoms with van der Waals surface area (Å²) in [5.41, 5.74) is 0. The minimum atomic E-state index is -0.719. The average Bonchev–Trinajstić information content (AvgIpc) is 3.01. The molecular formula is C40H76O4. The minimum Gasteiger partial charge on any atom is -0.481 e. The van der Waals surface area contributed by atoms with E-state index in [0.717, 1.165) is 51.4 Å². The zero-order valence-corrected chi connectivity index (χ0v) is 29.7. The van der Waals surface area contributed by atoms with Crippen molar-refractivity contribution in [3.8, 4) is 0 Å². The molecule has 1 N–H and O–H groups in total. The van der Waals surface area contributed by atoms with Gasteiger partial charge in [0.25, 0.3) is 0 Å². The van der Waals surface area contributed by atoms with Gasteiger partial charge in [0.15, 0.2) is 0 Å². The summed E-state index contributed by atoms with van der Waals surface area (Å²) < 4.78 is 5.86. The molecule has 44 heavy (non-hydrogen) atoms. The van der Waals surface area contributed by atoms with Crippen molar-refractivity contribution in [1.29, 1.82) is 0 Å². The second-order valence-corrected chi connectivity index (χ2v) is 13.5. The lowest BCUT2D eigenvalue weighted by Crippen LogP contribution is -2.16. The number of allylic oxidation sites excluding steroid dienone is 1. The molecule has 0 saturated carbocycles. The van der Waals surface area contributed by atoms with Gasteiger partial charge in [-0.25, -0.2) is 0 Å². The third-order valence-electron chi connectivity index (χ3n) is 8.97. The molecule has 0 spiro atoms. The van der Waals surface area contributed by atoms with Gasteiger partial charge < -0.3 is 9.84 Å². The summed E-state index contributed by atoms with van der Waals surface area (Å²) in [6.07, 6.45) is 44.0. The van der Waals surface area contributed by atoms with Crippen molar-refractivity contribution in [3.63, 3.8) is 0 Å². The first-order chi connectivity index (χ1) is 21.6. The largest absolute Gasteiger partial charge is 0.481 e. The van der Waals surface area contributed by atoms with Crippen molar-refractivity contribution in [2.45, 2.75) is 232 Å². The first-order valence-electron chi connectivity index (χ1n) is 19.7. The third-order valence-corrected chi connectivity index (χ3v) is 8.97. The molecule has 0 fully saturated rings. The number of carboxylic acids is 1. The lowest BCUT2D eigenvalue weighted by molar-refractivity contribution is -0.147. The van der Waals surface area contributed by atoms with E-state index in [4.69, 9.17) is 9.84 Å². The number of rotatable bonds is 36. The summed E-state index contributed by atoms with van der Waals surface area (Å²) in [5.74, 6) is -0.778. The van der Waals surface area contributed by atoms with Crippen LogP contribution in [0.15, 0.2) is 12.2 Å². The lowest BCUT2D eigenvalue weighted by atomic mass is 10.0. The first-order valence-corrected chi connectivity index (χ1v) is 19.7. The molecule has 1 atom stereocenters. The van der Waals surface area contributed by atoms with Gasteiger partial charge in [-0.2, -0.15) is 0 Å². The molecule has 4 nitrogen and oxygen atoms in total. The number of carboxylic acid groups (broad SMARTS) is 1. The summed E-state index contributed by atoms with van der Waals surface area (Å²) in [4.78, 5) is 23.2. The summed E-state index contributed by atoms with van der Waals surface area (Å²) in [7, 11) is 0. The van der Waals surface area contributed by atoms with E-state index >= 15 is 0 Å². The monoisotopic (exact) mass is 621 g/mol. The van der Waals surface area contributed by atoms with Gasteiger partial charge in [-0.1, -0.05) is 180 Å². The van der Waals surface area contributed by atoms with E-state index in [9.17, 15) is 9.59 Å². The molecule has 0 bridgehead atoms. The van der Waals surface area contributed by atoms with E-state index in [1.807, 2.05) is 0 Å². The zero-order valence-electron chi connectivity index (χ0n) is 29.7. The van der Waals surface area contributed by atoms with Crippen LogP contribution >= 0.6 is 0 Å². The van der Waals surface area contributed by atoms with E-state index in [0.29, 0.717) is 6.42 Å². The highest BCUT2D eigenvalue weighted by molar-refractivity contribution is 5.69. The van der Waals surface area contributed by atoms with Crippen molar-refractivity contribution in [1.82, 2.24) is 0 Å². The Labute approximate surface area is 275 Å². The van der Waals surface area contributed by atoms with Gasteiger partial charge in [0, 0.05) is 12.8 Å². The predicted octanol–water partition coefficient (Wildman–Crippen LogP) is 13.5. The second kappa shape index (κ2) is 36.2. The van der Waals surface area contributed by atoms with Crippen LogP contribution < -0.4 is 0 Å². The minimum absolute atomic E-state index is 0.0594. The molecule has 0 aliphatic rings. The highest BCUT2D eigenvalue weighted by atomic mass is 16.5. The summed E-state index contributed by atoms with van der Waals surface area (Å²) in [6.45, 7) is 4.53. The number of ether oxygens (including phenoxy) is 1. The van der Waals surface area contributed by atoms with E-state index in [1.165, 1.54) is 148 Å². The van der Waals surface area contributed by atoms with Crippen LogP contribution in [-0.4, -0.2) is 23.1 Å². The quantitative estimate of drug-likeness (QED) is 0.0430. The molecule has 0 radical (unpaired) electrons. The number of aliphatic carboxylic acids is 1. The zero-order chi connectivity index (χ0) is 32.2. The van der Waals surface area contributed by atoms with Crippen LogP contribution in [0.1, 0.15) is 226 Å². The maximum absolute atomic E-state index is 12.5. The SMILES string of the molecule is CCCCCCC/C=C\C(CCCCCCC(=O)O)OC(=O)CCCCCCCCCCCCCCCCCCCCCC. The molecule has 0 saturated heterocycles. The van der Waals surface area contributed by atoms with Gasteiger partial charge in [0.05, 0.1) is 0 Å². The van der Waals surface area contributed by atoms with Crippen LogP contribution in [0.3, 0.4) is 0 Å². The molecule has 0 aromatic rings. The summed E-state index contributed by atoms with van der Waals surface area (Å²) in [6, 6.07) is 0. The number of carbonyl (C=O) groups is 2. The van der Waals surface area contributed by atoms with E-state index in [2.05, 4.69) is 26.0 Å². The summed E-state index contributed by atoms with van der Waals surface area (Å²) in [5, 5.41) is 8.81. The second-order valence-electron chi connectivity index (χ2n) is 13.5. The number of unbranched alkanes of at least 4 members (excludes halogenated alkanes) is 27. The Bertz CT molecular complexity index is 629. The van der Waals surface area contributed by atoms with Gasteiger partial charge in [0.2, 0.25) is 0 Å². The fraction of sp³-hybridized carbons (Fsp3) is 0.900. The van der Waals surface area contributed by atoms with Gasteiger partial charge >= 0.3 is 11.9 Å². The normalized spacial score (nSPS) is 12.2. The number of carbonyl (C=O) groups excluding carboxylic acids is 1. The Kier molecular flexibility index (Phi) is 35.1. The van der Waals surface area contributed by atoms with E-state index in [-0.39, 0.29) is 18.5 Å². The van der Waals surface area contributed by atoms with Crippen molar-refractivity contribution < 1.29 is 19.4 Å². The van der Waals surface area contributed by atoms with Crippen LogP contribution in [0.5, 0.6) is 0 Å². The molecule has 260 valence electrons. The molecule has 0 amide bonds. The Morgan fingerprint density at radius 1 is 0.500 bits per heavy atom. The Hall–Kier alpha value is -1.32. The van der Waals surface area contributed by atoms with Crippen LogP contribution in [0.4, 0.5) is 0 Å². The predicted molar refractivity (Wildman–Crippen MR) is 190 cm³/mol. The smallest absolute Gasteiger partial charge is 0.306 e. The maximum Gasteiger partial charge on any atom is 0.306 e. The van der Waals surface area contributed by atoms with Gasteiger partial charge in [-0.15, -0.1) is 0 Å². The highest BCUT2D eigenvalue weighted by Gasteiger charge is 2.11. The van der Waals surface area contributed by atoms with Crippen LogP contribution in [0.2, 0.25) is 0 Å². The highest BCUT2D eigenvalue weighted by Crippen LogP contribution is 2.17. The number of hydrogen-bond acceptors (Lipinski definition) is 3. The molecule has 0 heterocycles. The molecule has 0 aromatic carbocycles. The van der Waals surface area contributed by atoms with Crippen LogP contribution in [0.25, 0.3) is 0 Å². The molecule has 0 aliphatic carbocycles. The number of esters is 1. The molecule has 0 aromatic heterocycles. The van der Waals surface area contributed by atoms with Crippen molar-refractivity contribution in [2.75, 3.05) is 0 Å². The average molecular weight is 621 g/mol. The Morgan fingerprint density at radius 2 is 0.864 bits per heavy atom. The fourth-order valence-electron chi connectivity index (χ4n) is 6.04. The molecule has 0 rings (SSSR count). The fourth-order valence-corrected chi connectivity index (χ4v) is 6.04. The molecular weight excluding hydrogens is 544 g/mol. The van der Waals surface area contributed by atoms with E-state index in [1.54, 1.807) is 0 Å². The van der Waals surface area contributed by atoms with Gasteiger partial charge in [-0.3, -0.25) is 9.59 Å². The summed E-state index contributed by atoms with van der Waals surface area (Å²) >= 11 is 0. The Balaban J connectivity index is 3.78. The maximum atomic E-state index is 12.5. The van der Waals surface area contributed by atoms with Gasteiger partial charge in [0.1, 0.15) is 6.10 Å². The van der Waals surface area contributed by atoms with Crippen LogP contribution in [0, 0.1) is 0 Å². The molecule has 4 heteroatoms. The molecule has 1 unspecified atom stereocenters. The topological polar surface area (TPSA) is 63.6 Å². The van der Waals surface area contributed by atoms with Crippen molar-refractivity contribution in [2.24, 2.45) is 0 Å².